The van der Waals surface area contributed by atoms with Crippen molar-refractivity contribution in [2.75, 3.05) is 6.54 Å². The molecule has 2 unspecified atom stereocenters. The quantitative estimate of drug-likeness (QED) is 0.612. The van der Waals surface area contributed by atoms with Gasteiger partial charge in [0.1, 0.15) is 5.76 Å². The number of aryl methyl sites for hydroxylation is 1. The predicted molar refractivity (Wildman–Crippen MR) is 107 cm³/mol. The molecule has 2 fully saturated rings. The SMILES string of the molecule is Cc1occc1-c1nn(CN2CC3CCC2C3)c(=S)n1Cc1ccccc1. The molecule has 1 saturated heterocycles. The van der Waals surface area contributed by atoms with Crippen molar-refractivity contribution in [3.63, 3.8) is 0 Å². The molecule has 140 valence electrons. The fourth-order valence-corrected chi connectivity index (χ4v) is 4.88. The molecule has 1 aliphatic carbocycles. The number of hydrogen-bond acceptors (Lipinski definition) is 4. The Labute approximate surface area is 164 Å². The molecule has 2 atom stereocenters. The van der Waals surface area contributed by atoms with Crippen molar-refractivity contribution in [1.82, 2.24) is 19.2 Å². The number of nitrogens with zero attached hydrogens (tertiary/aromatic N) is 4. The first-order valence-corrected chi connectivity index (χ1v) is 10.1. The Morgan fingerprint density at radius 1 is 1.19 bits per heavy atom. The number of hydrogen-bond donors (Lipinski definition) is 0. The maximum atomic E-state index is 5.86. The van der Waals surface area contributed by atoms with Crippen molar-refractivity contribution >= 4 is 12.2 Å². The predicted octanol–water partition coefficient (Wildman–Crippen LogP) is 4.47. The van der Waals surface area contributed by atoms with E-state index in [-0.39, 0.29) is 0 Å². The lowest BCUT2D eigenvalue weighted by atomic mass is 10.1. The topological polar surface area (TPSA) is 39.1 Å². The third-order valence-corrected chi connectivity index (χ3v) is 6.48. The Balaban J connectivity index is 1.52. The zero-order valence-corrected chi connectivity index (χ0v) is 16.4. The summed E-state index contributed by atoms with van der Waals surface area (Å²) in [6.07, 6.45) is 5.76. The summed E-state index contributed by atoms with van der Waals surface area (Å²) in [5.74, 6) is 2.63. The van der Waals surface area contributed by atoms with E-state index in [0.29, 0.717) is 12.6 Å². The van der Waals surface area contributed by atoms with Gasteiger partial charge in [0, 0.05) is 12.6 Å². The second kappa shape index (κ2) is 6.77. The van der Waals surface area contributed by atoms with Crippen LogP contribution in [0.2, 0.25) is 0 Å². The summed E-state index contributed by atoms with van der Waals surface area (Å²) in [5, 5.41) is 4.93. The van der Waals surface area contributed by atoms with Crippen LogP contribution in [0.1, 0.15) is 30.6 Å². The summed E-state index contributed by atoms with van der Waals surface area (Å²) < 4.78 is 10.5. The maximum Gasteiger partial charge on any atom is 0.199 e. The second-order valence-electron chi connectivity index (χ2n) is 7.81. The van der Waals surface area contributed by atoms with Gasteiger partial charge < -0.3 is 4.42 Å². The molecule has 5 nitrogen and oxygen atoms in total. The first-order chi connectivity index (χ1) is 13.2. The van der Waals surface area contributed by atoms with E-state index in [1.54, 1.807) is 6.26 Å². The Hall–Kier alpha value is -2.18. The van der Waals surface area contributed by atoms with Gasteiger partial charge in [0.25, 0.3) is 0 Å². The summed E-state index contributed by atoms with van der Waals surface area (Å²) in [6, 6.07) is 13.1. The highest BCUT2D eigenvalue weighted by atomic mass is 32.1. The van der Waals surface area contributed by atoms with Gasteiger partial charge in [-0.2, -0.15) is 5.10 Å². The molecule has 27 heavy (non-hydrogen) atoms. The molecular formula is C21H24N4OS. The van der Waals surface area contributed by atoms with Crippen LogP contribution in [0.25, 0.3) is 11.4 Å². The number of piperidine rings is 1. The van der Waals surface area contributed by atoms with Gasteiger partial charge in [0.05, 0.1) is 25.0 Å². The van der Waals surface area contributed by atoms with Crippen LogP contribution in [-0.2, 0) is 13.2 Å². The highest BCUT2D eigenvalue weighted by molar-refractivity contribution is 7.71. The van der Waals surface area contributed by atoms with Crippen molar-refractivity contribution in [2.45, 2.75) is 45.4 Å². The van der Waals surface area contributed by atoms with Gasteiger partial charge in [-0.15, -0.1) is 0 Å². The number of fused-ring (bicyclic) bond motifs is 2. The highest BCUT2D eigenvalue weighted by Crippen LogP contribution is 2.37. The molecule has 1 saturated carbocycles. The zero-order chi connectivity index (χ0) is 18.4. The van der Waals surface area contributed by atoms with Gasteiger partial charge in [-0.25, -0.2) is 4.68 Å². The number of likely N-dealkylation sites (tertiary alicyclic amines) is 1. The monoisotopic (exact) mass is 380 g/mol. The van der Waals surface area contributed by atoms with Crippen molar-refractivity contribution in [2.24, 2.45) is 5.92 Å². The van der Waals surface area contributed by atoms with Crippen molar-refractivity contribution in [3.05, 3.63) is 58.8 Å². The van der Waals surface area contributed by atoms with Gasteiger partial charge in [0.15, 0.2) is 10.6 Å². The fourth-order valence-electron chi connectivity index (χ4n) is 4.63. The average Bonchev–Trinajstić information content (AvgIpc) is 3.45. The molecule has 2 aliphatic rings. The number of furan rings is 1. The van der Waals surface area contributed by atoms with Crippen LogP contribution in [0, 0.1) is 17.6 Å². The smallest absolute Gasteiger partial charge is 0.199 e. The minimum absolute atomic E-state index is 0.704. The highest BCUT2D eigenvalue weighted by Gasteiger charge is 2.38. The Morgan fingerprint density at radius 2 is 2.04 bits per heavy atom. The van der Waals surface area contributed by atoms with Crippen LogP contribution >= 0.6 is 12.2 Å². The van der Waals surface area contributed by atoms with Crippen molar-refractivity contribution in [1.29, 1.82) is 0 Å². The van der Waals surface area contributed by atoms with E-state index in [2.05, 4.69) is 33.7 Å². The molecule has 2 bridgehead atoms. The van der Waals surface area contributed by atoms with E-state index in [9.17, 15) is 0 Å². The third-order valence-electron chi connectivity index (χ3n) is 6.04. The first kappa shape index (κ1) is 17.0. The molecule has 3 aromatic rings. The van der Waals surface area contributed by atoms with Crippen molar-refractivity contribution in [3.8, 4) is 11.4 Å². The van der Waals surface area contributed by atoms with Crippen LogP contribution in [0.5, 0.6) is 0 Å². The molecule has 0 N–H and O–H groups in total. The van der Waals surface area contributed by atoms with Crippen LogP contribution < -0.4 is 0 Å². The lowest BCUT2D eigenvalue weighted by Crippen LogP contribution is -2.34. The molecule has 2 aromatic heterocycles. The Morgan fingerprint density at radius 3 is 2.70 bits per heavy atom. The molecule has 0 amide bonds. The standard InChI is InChI=1S/C21H24N4OS/c1-15-19(9-10-26-15)20-22-25(14-23-12-17-7-8-18(23)11-17)21(27)24(20)13-16-5-3-2-4-6-16/h2-6,9-10,17-18H,7-8,11-14H2,1H3. The molecule has 5 rings (SSSR count). The maximum absolute atomic E-state index is 5.86. The van der Waals surface area contributed by atoms with Crippen LogP contribution in [0.15, 0.2) is 47.1 Å². The zero-order valence-electron chi connectivity index (χ0n) is 15.5. The lowest BCUT2D eigenvalue weighted by Gasteiger charge is -2.26. The van der Waals surface area contributed by atoms with Gasteiger partial charge in [-0.05, 0) is 56.0 Å². The van der Waals surface area contributed by atoms with Crippen molar-refractivity contribution < 1.29 is 4.42 Å². The lowest BCUT2D eigenvalue weighted by molar-refractivity contribution is 0.158. The minimum Gasteiger partial charge on any atom is -0.469 e. The molecular weight excluding hydrogens is 356 g/mol. The number of benzene rings is 1. The summed E-state index contributed by atoms with van der Waals surface area (Å²) in [6.45, 7) is 4.65. The largest absolute Gasteiger partial charge is 0.469 e. The van der Waals surface area contributed by atoms with E-state index >= 15 is 0 Å². The number of aromatic nitrogens is 3. The first-order valence-electron chi connectivity index (χ1n) is 9.69. The second-order valence-corrected chi connectivity index (χ2v) is 8.18. The van der Waals surface area contributed by atoms with Gasteiger partial charge in [-0.3, -0.25) is 9.47 Å². The molecule has 0 spiro atoms. The summed E-state index contributed by atoms with van der Waals surface area (Å²) in [7, 11) is 0. The van der Waals surface area contributed by atoms with E-state index in [0.717, 1.165) is 34.5 Å². The van der Waals surface area contributed by atoms with E-state index in [4.69, 9.17) is 21.7 Å². The average molecular weight is 381 g/mol. The summed E-state index contributed by atoms with van der Waals surface area (Å²) >= 11 is 5.86. The van der Waals surface area contributed by atoms with Crippen LogP contribution in [0.3, 0.4) is 0 Å². The Kier molecular flexibility index (Phi) is 4.25. The van der Waals surface area contributed by atoms with Gasteiger partial charge in [0.2, 0.25) is 0 Å². The molecule has 0 radical (unpaired) electrons. The molecule has 1 aromatic carbocycles. The molecule has 6 heteroatoms. The summed E-state index contributed by atoms with van der Waals surface area (Å²) in [4.78, 5) is 2.55. The molecule has 1 aliphatic heterocycles. The summed E-state index contributed by atoms with van der Waals surface area (Å²) in [5.41, 5.74) is 2.23. The number of rotatable bonds is 5. The van der Waals surface area contributed by atoms with Gasteiger partial charge >= 0.3 is 0 Å². The Bertz CT molecular complexity index is 1000. The fraction of sp³-hybridized carbons (Fsp3) is 0.429. The van der Waals surface area contributed by atoms with E-state index < -0.39 is 0 Å². The van der Waals surface area contributed by atoms with E-state index in [1.165, 1.54) is 31.4 Å². The van der Waals surface area contributed by atoms with Gasteiger partial charge in [-0.1, -0.05) is 30.3 Å². The van der Waals surface area contributed by atoms with Crippen LogP contribution in [0.4, 0.5) is 0 Å². The normalized spacial score (nSPS) is 22.0. The minimum atomic E-state index is 0.704. The third kappa shape index (κ3) is 3.07. The molecule has 3 heterocycles. The van der Waals surface area contributed by atoms with E-state index in [1.807, 2.05) is 23.7 Å². The van der Waals surface area contributed by atoms with Crippen LogP contribution in [-0.4, -0.2) is 31.8 Å².